The molecular formula is C65H89N8O16+. The van der Waals surface area contributed by atoms with Crippen LogP contribution in [0.15, 0.2) is 91.0 Å². The van der Waals surface area contributed by atoms with Crippen molar-refractivity contribution in [3.63, 3.8) is 0 Å². The first-order valence-electron chi connectivity index (χ1n) is 30.5. The number of Topliss-reactive ketones (excluding diaryl/α,β-unsaturated/α-hetero) is 2. The first kappa shape index (κ1) is 69.1. The lowest BCUT2D eigenvalue weighted by Gasteiger charge is -2.34. The molecule has 89 heavy (non-hydrogen) atoms. The molecule has 0 aromatic heterocycles. The van der Waals surface area contributed by atoms with Crippen molar-refractivity contribution >= 4 is 46.8 Å². The Hall–Kier alpha value is -7.39. The number of carbonyl (C=O) groups excluding carboxylic acids is 7. The molecule has 7 rings (SSSR count). The van der Waals surface area contributed by atoms with Gasteiger partial charge >= 0.3 is 0 Å². The average molecular weight is 1240 g/mol. The second-order valence-corrected chi connectivity index (χ2v) is 25.1. The Kier molecular flexibility index (Phi) is 23.6. The van der Waals surface area contributed by atoms with Gasteiger partial charge in [-0.15, -0.1) is 0 Å². The maximum atomic E-state index is 14.9. The Morgan fingerprint density at radius 3 is 1.85 bits per heavy atom. The first-order chi connectivity index (χ1) is 42.1. The molecule has 14 N–H and O–H groups in total. The number of phenols is 1. The van der Waals surface area contributed by atoms with Crippen LogP contribution in [-0.4, -0.2) is 217 Å². The topological polar surface area (TPSA) is 371 Å². The molecule has 3 heterocycles. The van der Waals surface area contributed by atoms with E-state index in [-0.39, 0.29) is 35.7 Å². The number of phenolic OH excluding ortho intramolecular Hbond substituents is 1. The van der Waals surface area contributed by atoms with Crippen molar-refractivity contribution in [2.75, 3.05) is 59.7 Å². The first-order valence-corrected chi connectivity index (χ1v) is 30.5. The molecule has 4 unspecified atom stereocenters. The lowest BCUT2D eigenvalue weighted by Crippen LogP contribution is -2.63. The number of aromatic hydroxyl groups is 1. The fraction of sp³-hybridized carbons (Fsp3) is 0.523. The van der Waals surface area contributed by atoms with E-state index in [0.717, 1.165) is 76.1 Å². The molecular weight excluding hydrogens is 1150 g/mol. The quantitative estimate of drug-likeness (QED) is 0.0206. The third kappa shape index (κ3) is 17.5. The molecule has 0 spiro atoms. The van der Waals surface area contributed by atoms with E-state index in [9.17, 15) is 74.4 Å². The van der Waals surface area contributed by atoms with E-state index in [1.54, 1.807) is 31.2 Å². The molecule has 15 atom stereocenters. The number of ether oxygens (including phenoxy) is 1. The lowest BCUT2D eigenvalue weighted by molar-refractivity contribution is -0.869. The van der Waals surface area contributed by atoms with Gasteiger partial charge in [-0.25, -0.2) is 0 Å². The molecule has 484 valence electrons. The van der Waals surface area contributed by atoms with Crippen molar-refractivity contribution < 1.29 is 83.6 Å². The van der Waals surface area contributed by atoms with Gasteiger partial charge < -0.3 is 81.6 Å². The number of ketones is 2. The smallest absolute Gasteiger partial charge is 0.248 e. The second kappa shape index (κ2) is 30.4. The number of hydrogen-bond acceptors (Lipinski definition) is 18. The Balaban J connectivity index is 1.24. The van der Waals surface area contributed by atoms with E-state index in [4.69, 9.17) is 10.5 Å². The Morgan fingerprint density at radius 1 is 0.730 bits per heavy atom. The fourth-order valence-corrected chi connectivity index (χ4v) is 11.6. The van der Waals surface area contributed by atoms with Crippen LogP contribution in [0.1, 0.15) is 94.7 Å². The van der Waals surface area contributed by atoms with Crippen molar-refractivity contribution in [1.29, 1.82) is 0 Å². The lowest BCUT2D eigenvalue weighted by atomic mass is 9.86. The molecule has 0 aliphatic carbocycles. The third-order valence-electron chi connectivity index (χ3n) is 17.0. The summed E-state index contributed by atoms with van der Waals surface area (Å²) >= 11 is 0. The van der Waals surface area contributed by atoms with Crippen LogP contribution >= 0.6 is 0 Å². The molecule has 4 aromatic carbocycles. The van der Waals surface area contributed by atoms with Crippen LogP contribution in [0.4, 0.5) is 5.69 Å². The van der Waals surface area contributed by atoms with Gasteiger partial charge in [-0.3, -0.25) is 38.9 Å². The summed E-state index contributed by atoms with van der Waals surface area (Å²) in [5.74, 6) is -10.9. The third-order valence-corrected chi connectivity index (χ3v) is 17.0. The van der Waals surface area contributed by atoms with Gasteiger partial charge in [0.15, 0.2) is 11.6 Å². The summed E-state index contributed by atoms with van der Waals surface area (Å²) in [4.78, 5) is 105. The van der Waals surface area contributed by atoms with E-state index >= 15 is 0 Å². The minimum Gasteiger partial charge on any atom is -0.506 e. The highest BCUT2D eigenvalue weighted by Crippen LogP contribution is 2.34. The number of anilines is 1. The molecule has 3 fully saturated rings. The van der Waals surface area contributed by atoms with Crippen LogP contribution < -0.4 is 31.7 Å². The largest absolute Gasteiger partial charge is 0.506 e. The number of aliphatic hydroxyl groups is 7. The number of benzene rings is 4. The molecule has 4 aromatic rings. The van der Waals surface area contributed by atoms with E-state index in [0.29, 0.717) is 17.6 Å². The normalized spacial score (nSPS) is 26.7. The number of nitrogens with one attached hydrogen (secondary N) is 4. The standard InChI is InChI=1S/C65H88N8O16/c1-8-9-10-27-89-46-22-19-41(20-23-46)39-13-11-38(12-14-39)40-15-17-42(18-16-40)51(78)29-44-30-53(80)60(67-25-26-73(5,6)7)70-63(86)56-57(81)35(2)33-72(56)65(88)55(37(4)75)69-62(85)47(59(83)58(82)43-21-24-50(77)48(66)28-43)32-52(79)49-31-45(76)34-71(49)64(87)54(36(3)74)68-61(44)84/h11-24,28,35-37,44-45,47,49,53-60,67,74-76,80-83H,8-10,25-27,29-34,66H2,1-7H3,(H3-,68,69,70,77,84,85,86)/p+1/t35-,36+,37+,44-,45+,47?,49-,53+,54-,55-,56?,57?,58-,59?,60-/m0/s1. The predicted molar refractivity (Wildman–Crippen MR) is 329 cm³/mol. The number of fused-ring (bicyclic) bond motifs is 2. The van der Waals surface area contributed by atoms with E-state index < -0.39 is 164 Å². The van der Waals surface area contributed by atoms with E-state index in [2.05, 4.69) is 28.2 Å². The molecule has 0 radical (unpaired) electrons. The van der Waals surface area contributed by atoms with Gasteiger partial charge in [-0.05, 0) is 78.8 Å². The number of likely N-dealkylation sites (N-methyl/N-ethyl adjacent to an activating group) is 1. The van der Waals surface area contributed by atoms with Crippen LogP contribution in [0, 0.1) is 17.8 Å². The number of aliphatic hydroxyl groups excluding tert-OH is 7. The van der Waals surface area contributed by atoms with Gasteiger partial charge in [-0.1, -0.05) is 93.4 Å². The van der Waals surface area contributed by atoms with Gasteiger partial charge in [0.25, 0.3) is 0 Å². The zero-order valence-corrected chi connectivity index (χ0v) is 51.6. The Bertz CT molecular complexity index is 3100. The Labute approximate surface area is 518 Å². The molecule has 0 saturated carbocycles. The molecule has 24 heteroatoms. The number of nitrogen functional groups attached to an aromatic ring is 1. The number of quaternary nitrogens is 1. The zero-order chi connectivity index (χ0) is 65.2. The minimum absolute atomic E-state index is 0.121. The van der Waals surface area contributed by atoms with Crippen LogP contribution in [0.3, 0.4) is 0 Å². The van der Waals surface area contributed by atoms with Gasteiger partial charge in [0, 0.05) is 56.3 Å². The van der Waals surface area contributed by atoms with Crippen LogP contribution in [0.2, 0.25) is 0 Å². The summed E-state index contributed by atoms with van der Waals surface area (Å²) in [5, 5.41) is 102. The van der Waals surface area contributed by atoms with Crippen LogP contribution in [0.5, 0.6) is 11.5 Å². The van der Waals surface area contributed by atoms with Crippen molar-refractivity contribution in [2.45, 2.75) is 146 Å². The predicted octanol–water partition coefficient (Wildman–Crippen LogP) is 1.14. The van der Waals surface area contributed by atoms with E-state index in [1.165, 1.54) is 13.0 Å². The fourth-order valence-electron chi connectivity index (χ4n) is 11.6. The van der Waals surface area contributed by atoms with Crippen molar-refractivity contribution in [2.24, 2.45) is 17.8 Å². The molecule has 5 amide bonds. The maximum absolute atomic E-state index is 14.9. The second-order valence-electron chi connectivity index (χ2n) is 25.1. The van der Waals surface area contributed by atoms with Crippen LogP contribution in [0.25, 0.3) is 22.3 Å². The summed E-state index contributed by atoms with van der Waals surface area (Å²) in [6.45, 7) is 6.38. The number of amides is 5. The monoisotopic (exact) mass is 1240 g/mol. The zero-order valence-electron chi connectivity index (χ0n) is 51.6. The summed E-state index contributed by atoms with van der Waals surface area (Å²) in [6, 6.07) is 18.6. The van der Waals surface area contributed by atoms with E-state index in [1.807, 2.05) is 69.7 Å². The van der Waals surface area contributed by atoms with Crippen molar-refractivity contribution in [3.8, 4) is 33.8 Å². The average Bonchev–Trinajstić information content (AvgIpc) is 3.88. The Morgan fingerprint density at radius 2 is 1.29 bits per heavy atom. The highest BCUT2D eigenvalue weighted by atomic mass is 16.5. The SMILES string of the molecule is CCCCCOc1ccc(-c2ccc(-c3ccc(C(=O)C[C@H]4C[C@@H](O)[C@@H](NCC[N+](C)(C)C)NC(=O)C5C(O)[C@@H](C)CN5C(=O)[C@H]([C@@H](C)O)NC(=O)C(C(O)[C@@H](O)c5ccc(O)c(N)c5)CC(=O)[C@@H]5C[C@@H](O)CN5C(=O)[C@H]([C@@H](C)O)NC4=O)cc3)cc2)cc1. The molecule has 3 aliphatic rings. The summed E-state index contributed by atoms with van der Waals surface area (Å²) in [5.41, 5.74) is 9.30. The number of unbranched alkanes of at least 4 members (excludes halogenated alkanes) is 2. The van der Waals surface area contributed by atoms with Crippen molar-refractivity contribution in [1.82, 2.24) is 31.1 Å². The molecule has 0 bridgehead atoms. The number of nitrogens with zero attached hydrogens (tertiary/aromatic N) is 3. The molecule has 3 saturated heterocycles. The van der Waals surface area contributed by atoms with Crippen LogP contribution in [-0.2, 0) is 28.8 Å². The summed E-state index contributed by atoms with van der Waals surface area (Å²) in [7, 11) is 5.67. The molecule has 24 nitrogen and oxygen atoms in total. The maximum Gasteiger partial charge on any atom is 0.248 e. The van der Waals surface area contributed by atoms with Gasteiger partial charge in [0.2, 0.25) is 29.5 Å². The van der Waals surface area contributed by atoms with Gasteiger partial charge in [-0.2, -0.15) is 0 Å². The van der Waals surface area contributed by atoms with Crippen molar-refractivity contribution in [3.05, 3.63) is 102 Å². The summed E-state index contributed by atoms with van der Waals surface area (Å²) < 4.78 is 6.28. The number of hydrogen-bond donors (Lipinski definition) is 13. The molecule has 3 aliphatic heterocycles. The van der Waals surface area contributed by atoms with Gasteiger partial charge in [0.1, 0.15) is 41.9 Å². The number of rotatable bonds is 19. The highest BCUT2D eigenvalue weighted by Gasteiger charge is 2.50. The number of carbonyl (C=O) groups is 7. The van der Waals surface area contributed by atoms with Gasteiger partial charge in [0.05, 0.1) is 88.6 Å². The highest BCUT2D eigenvalue weighted by molar-refractivity contribution is 6.01. The summed E-state index contributed by atoms with van der Waals surface area (Å²) in [6.07, 6.45) is -13.3. The minimum atomic E-state index is -2.22. The number of nitrogens with two attached hydrogens (primary N) is 1.